The van der Waals surface area contributed by atoms with E-state index in [1.165, 1.54) is 0 Å². The van der Waals surface area contributed by atoms with Crippen LogP contribution in [0.15, 0.2) is 46.9 Å². The van der Waals surface area contributed by atoms with Gasteiger partial charge < -0.3 is 16.4 Å². The van der Waals surface area contributed by atoms with Gasteiger partial charge in [0.2, 0.25) is 0 Å². The minimum atomic E-state index is 0.489. The number of hydrogen-bond donors (Lipinski definition) is 3. The van der Waals surface area contributed by atoms with Crippen LogP contribution < -0.4 is 16.4 Å². The summed E-state index contributed by atoms with van der Waals surface area (Å²) in [6, 6.07) is 12.9. The van der Waals surface area contributed by atoms with E-state index in [0.29, 0.717) is 15.8 Å². The van der Waals surface area contributed by atoms with Gasteiger partial charge >= 0.3 is 0 Å². The second kappa shape index (κ2) is 6.23. The third-order valence-corrected chi connectivity index (χ3v) is 3.78. The molecule has 0 unspecified atom stereocenters. The molecule has 0 fully saturated rings. The minimum absolute atomic E-state index is 0.489. The van der Waals surface area contributed by atoms with E-state index in [4.69, 9.17) is 29.6 Å². The molecule has 0 spiro atoms. The van der Waals surface area contributed by atoms with Crippen LogP contribution >= 0.6 is 39.7 Å². The molecule has 0 bridgehead atoms. The summed E-state index contributed by atoms with van der Waals surface area (Å²) in [7, 11) is 0. The van der Waals surface area contributed by atoms with Gasteiger partial charge in [0.05, 0.1) is 5.02 Å². The zero-order valence-corrected chi connectivity index (χ0v) is 12.9. The van der Waals surface area contributed by atoms with Crippen LogP contribution in [0.5, 0.6) is 0 Å². The Hall–Kier alpha value is -1.30. The molecule has 6 heteroatoms. The summed E-state index contributed by atoms with van der Waals surface area (Å²) in [5, 5.41) is 7.23. The number of thiocarbonyl (C=S) groups is 1. The smallest absolute Gasteiger partial charge is 0.175 e. The number of nitrogens with two attached hydrogens (primary N) is 1. The van der Waals surface area contributed by atoms with Gasteiger partial charge in [0, 0.05) is 21.5 Å². The molecule has 0 radical (unpaired) electrons. The predicted octanol–water partition coefficient (Wildman–Crippen LogP) is 4.49. The predicted molar refractivity (Wildman–Crippen MR) is 89.8 cm³/mol. The Morgan fingerprint density at radius 3 is 2.26 bits per heavy atom. The monoisotopic (exact) mass is 355 g/mol. The van der Waals surface area contributed by atoms with Crippen LogP contribution in [-0.4, -0.2) is 5.11 Å². The van der Waals surface area contributed by atoms with Gasteiger partial charge in [-0.3, -0.25) is 0 Å². The number of rotatable bonds is 2. The largest absolute Gasteiger partial charge is 0.399 e. The van der Waals surface area contributed by atoms with E-state index in [1.807, 2.05) is 24.3 Å². The molecule has 0 saturated heterocycles. The van der Waals surface area contributed by atoms with Crippen LogP contribution in [0.1, 0.15) is 0 Å². The van der Waals surface area contributed by atoms with E-state index in [9.17, 15) is 0 Å². The second-order valence-corrected chi connectivity index (χ2v) is 5.50. The molecule has 0 saturated carbocycles. The van der Waals surface area contributed by atoms with E-state index in [1.54, 1.807) is 18.2 Å². The van der Waals surface area contributed by atoms with Crippen LogP contribution in [0, 0.1) is 0 Å². The maximum atomic E-state index is 6.01. The molecule has 0 amide bonds. The SMILES string of the molecule is Nc1ccc(NC(=S)Nc2ccc(Br)c(Cl)c2)cc1. The first-order valence-electron chi connectivity index (χ1n) is 5.43. The number of halogens is 2. The highest BCUT2D eigenvalue weighted by molar-refractivity contribution is 9.10. The zero-order chi connectivity index (χ0) is 13.8. The highest BCUT2D eigenvalue weighted by atomic mass is 79.9. The van der Waals surface area contributed by atoms with E-state index >= 15 is 0 Å². The lowest BCUT2D eigenvalue weighted by Crippen LogP contribution is -2.18. The Kier molecular flexibility index (Phi) is 4.63. The van der Waals surface area contributed by atoms with E-state index in [2.05, 4.69) is 26.6 Å². The zero-order valence-electron chi connectivity index (χ0n) is 9.78. The molecule has 0 aliphatic heterocycles. The fourth-order valence-electron chi connectivity index (χ4n) is 1.43. The standard InChI is InChI=1S/C13H11BrClN3S/c14-11-6-5-10(7-12(11)15)18-13(19)17-9-3-1-8(16)2-4-9/h1-7H,16H2,(H2,17,18,19). The molecule has 0 heterocycles. The lowest BCUT2D eigenvalue weighted by Gasteiger charge is -2.11. The number of anilines is 3. The molecule has 2 aromatic rings. The highest BCUT2D eigenvalue weighted by Crippen LogP contribution is 2.25. The normalized spacial score (nSPS) is 10.0. The summed E-state index contributed by atoms with van der Waals surface area (Å²) in [5.74, 6) is 0. The Bertz CT molecular complexity index is 601. The molecule has 2 aromatic carbocycles. The fourth-order valence-corrected chi connectivity index (χ4v) is 2.10. The molecule has 0 aromatic heterocycles. The maximum Gasteiger partial charge on any atom is 0.175 e. The van der Waals surface area contributed by atoms with Gasteiger partial charge in [0.25, 0.3) is 0 Å². The van der Waals surface area contributed by atoms with Crippen LogP contribution in [0.25, 0.3) is 0 Å². The Labute approximate surface area is 130 Å². The summed E-state index contributed by atoms with van der Waals surface area (Å²) in [6.07, 6.45) is 0. The molecular formula is C13H11BrClN3S. The highest BCUT2D eigenvalue weighted by Gasteiger charge is 2.02. The van der Waals surface area contributed by atoms with Crippen molar-refractivity contribution < 1.29 is 0 Å². The third kappa shape index (κ3) is 4.09. The molecule has 4 N–H and O–H groups in total. The van der Waals surface area contributed by atoms with Gasteiger partial charge in [0.1, 0.15) is 0 Å². The Balaban J connectivity index is 2.01. The van der Waals surface area contributed by atoms with Crippen molar-refractivity contribution in [1.82, 2.24) is 0 Å². The summed E-state index contributed by atoms with van der Waals surface area (Å²) >= 11 is 14.6. The lowest BCUT2D eigenvalue weighted by atomic mass is 10.3. The Morgan fingerprint density at radius 2 is 1.63 bits per heavy atom. The number of benzene rings is 2. The van der Waals surface area contributed by atoms with E-state index < -0.39 is 0 Å². The molecule has 0 aliphatic carbocycles. The number of nitrogens with one attached hydrogen (secondary N) is 2. The number of nitrogen functional groups attached to an aromatic ring is 1. The molecule has 19 heavy (non-hydrogen) atoms. The van der Waals surface area contributed by atoms with Gasteiger partial charge in [0.15, 0.2) is 5.11 Å². The molecular weight excluding hydrogens is 346 g/mol. The number of hydrogen-bond acceptors (Lipinski definition) is 2. The van der Waals surface area contributed by atoms with E-state index in [0.717, 1.165) is 15.8 Å². The van der Waals surface area contributed by atoms with Gasteiger partial charge in [-0.15, -0.1) is 0 Å². The van der Waals surface area contributed by atoms with Crippen molar-refractivity contribution in [3.05, 3.63) is 52.0 Å². The molecule has 98 valence electrons. The van der Waals surface area contributed by atoms with Crippen LogP contribution in [0.2, 0.25) is 5.02 Å². The van der Waals surface area contributed by atoms with Crippen molar-refractivity contribution in [3.8, 4) is 0 Å². The summed E-state index contributed by atoms with van der Waals surface area (Å²) in [5.41, 5.74) is 8.02. The molecule has 2 rings (SSSR count). The van der Waals surface area contributed by atoms with E-state index in [-0.39, 0.29) is 0 Å². The molecule has 3 nitrogen and oxygen atoms in total. The van der Waals surface area contributed by atoms with Crippen molar-refractivity contribution in [1.29, 1.82) is 0 Å². The third-order valence-electron chi connectivity index (χ3n) is 2.35. The molecule has 0 aliphatic rings. The van der Waals surface area contributed by atoms with Crippen molar-refractivity contribution in [2.45, 2.75) is 0 Å². The second-order valence-electron chi connectivity index (χ2n) is 3.83. The van der Waals surface area contributed by atoms with Gasteiger partial charge in [-0.05, 0) is 70.6 Å². The summed E-state index contributed by atoms with van der Waals surface area (Å²) < 4.78 is 0.845. The van der Waals surface area contributed by atoms with Crippen molar-refractivity contribution in [3.63, 3.8) is 0 Å². The van der Waals surface area contributed by atoms with Gasteiger partial charge in [-0.25, -0.2) is 0 Å². The lowest BCUT2D eigenvalue weighted by molar-refractivity contribution is 1.58. The first-order chi connectivity index (χ1) is 9.04. The first-order valence-corrected chi connectivity index (χ1v) is 7.01. The average molecular weight is 357 g/mol. The van der Waals surface area contributed by atoms with Crippen LogP contribution in [-0.2, 0) is 0 Å². The topological polar surface area (TPSA) is 50.1 Å². The first kappa shape index (κ1) is 14.1. The van der Waals surface area contributed by atoms with Crippen LogP contribution in [0.3, 0.4) is 0 Å². The van der Waals surface area contributed by atoms with Crippen LogP contribution in [0.4, 0.5) is 17.1 Å². The van der Waals surface area contributed by atoms with Gasteiger partial charge in [-0.2, -0.15) is 0 Å². The van der Waals surface area contributed by atoms with Gasteiger partial charge in [-0.1, -0.05) is 11.6 Å². The average Bonchev–Trinajstić information content (AvgIpc) is 2.37. The minimum Gasteiger partial charge on any atom is -0.399 e. The molecule has 0 atom stereocenters. The fraction of sp³-hybridized carbons (Fsp3) is 0. The van der Waals surface area contributed by atoms with Crippen molar-refractivity contribution >= 4 is 61.9 Å². The summed E-state index contributed by atoms with van der Waals surface area (Å²) in [4.78, 5) is 0. The van der Waals surface area contributed by atoms with Crippen molar-refractivity contribution in [2.24, 2.45) is 0 Å². The quantitative estimate of drug-likeness (QED) is 0.548. The Morgan fingerprint density at radius 1 is 1.05 bits per heavy atom. The summed E-state index contributed by atoms with van der Waals surface area (Å²) in [6.45, 7) is 0. The van der Waals surface area contributed by atoms with Crippen molar-refractivity contribution in [2.75, 3.05) is 16.4 Å². The maximum absolute atomic E-state index is 6.01.